The van der Waals surface area contributed by atoms with Gasteiger partial charge in [-0.1, -0.05) is 76.9 Å². The van der Waals surface area contributed by atoms with Crippen molar-refractivity contribution in [2.24, 2.45) is 0 Å². The first-order valence-electron chi connectivity index (χ1n) is 14.0. The van der Waals surface area contributed by atoms with Crippen LogP contribution in [0.5, 0.6) is 0 Å². The van der Waals surface area contributed by atoms with Gasteiger partial charge in [-0.3, -0.25) is 0 Å². The fourth-order valence-electron chi connectivity index (χ4n) is 4.05. The Hall–Kier alpha value is -0.203. The lowest BCUT2D eigenvalue weighted by Gasteiger charge is -2.28. The minimum Gasteiger partial charge on any atom is -0.374 e. The van der Waals surface area contributed by atoms with Crippen molar-refractivity contribution < 1.29 is 13.3 Å². The molecule has 0 radical (unpaired) electrons. The van der Waals surface area contributed by atoms with Crippen LogP contribution in [0.1, 0.15) is 124 Å². The zero-order valence-electron chi connectivity index (χ0n) is 22.2. The van der Waals surface area contributed by atoms with E-state index in [0.29, 0.717) is 19.8 Å². The third kappa shape index (κ3) is 20.4. The van der Waals surface area contributed by atoms with Crippen molar-refractivity contribution in [1.82, 2.24) is 5.32 Å². The number of nitrogens with one attached hydrogen (secondary N) is 1. The molecule has 0 aliphatic rings. The first-order chi connectivity index (χ1) is 15.7. The average Bonchev–Trinajstić information content (AvgIpc) is 2.78. The van der Waals surface area contributed by atoms with E-state index in [1.807, 2.05) is 20.8 Å². The van der Waals surface area contributed by atoms with Crippen LogP contribution < -0.4 is 5.32 Å². The Morgan fingerprint density at radius 2 is 0.969 bits per heavy atom. The monoisotopic (exact) mass is 471 g/mol. The van der Waals surface area contributed by atoms with Crippen LogP contribution in [0.2, 0.25) is 6.04 Å². The maximum atomic E-state index is 5.91. The average molecular weight is 472 g/mol. The van der Waals surface area contributed by atoms with Crippen LogP contribution in [-0.4, -0.2) is 41.7 Å². The summed E-state index contributed by atoms with van der Waals surface area (Å²) < 4.78 is 17.7. The summed E-state index contributed by atoms with van der Waals surface area (Å²) >= 11 is 0. The Morgan fingerprint density at radius 3 is 1.47 bits per heavy atom. The number of allylic oxidation sites excluding steroid dienone is 2. The predicted molar refractivity (Wildman–Crippen MR) is 142 cm³/mol. The molecule has 0 saturated heterocycles. The highest BCUT2D eigenvalue weighted by Gasteiger charge is 2.39. The summed E-state index contributed by atoms with van der Waals surface area (Å²) in [5.41, 5.74) is 0. The van der Waals surface area contributed by atoms with E-state index in [4.69, 9.17) is 13.3 Å². The van der Waals surface area contributed by atoms with Gasteiger partial charge in [0.05, 0.1) is 0 Å². The third-order valence-electron chi connectivity index (χ3n) is 5.79. The molecule has 0 unspecified atom stereocenters. The van der Waals surface area contributed by atoms with Crippen LogP contribution >= 0.6 is 0 Å². The summed E-state index contributed by atoms with van der Waals surface area (Å²) in [6.45, 7) is 12.5. The van der Waals surface area contributed by atoms with Gasteiger partial charge in [-0.15, -0.1) is 0 Å². The summed E-state index contributed by atoms with van der Waals surface area (Å²) in [5.74, 6) is 0. The molecule has 0 aromatic heterocycles. The Balaban J connectivity index is 3.44. The smallest absolute Gasteiger partial charge is 0.374 e. The zero-order chi connectivity index (χ0) is 23.6. The molecular formula is C27H57NO3Si. The summed E-state index contributed by atoms with van der Waals surface area (Å²) in [7, 11) is -2.45. The minimum absolute atomic E-state index is 0.662. The van der Waals surface area contributed by atoms with Crippen LogP contribution in [0.3, 0.4) is 0 Å². The van der Waals surface area contributed by atoms with Crippen molar-refractivity contribution in [3.8, 4) is 0 Å². The Kier molecular flexibility index (Phi) is 25.3. The lowest BCUT2D eigenvalue weighted by molar-refractivity contribution is 0.0708. The van der Waals surface area contributed by atoms with Crippen molar-refractivity contribution >= 4 is 8.80 Å². The second kappa shape index (κ2) is 25.4. The fraction of sp³-hybridized carbons (Fsp3) is 0.926. The van der Waals surface area contributed by atoms with Crippen LogP contribution in [0.4, 0.5) is 0 Å². The van der Waals surface area contributed by atoms with Crippen LogP contribution in [0.25, 0.3) is 0 Å². The van der Waals surface area contributed by atoms with Crippen molar-refractivity contribution in [1.29, 1.82) is 0 Å². The predicted octanol–water partition coefficient (Wildman–Crippen LogP) is 8.05. The second-order valence-electron chi connectivity index (χ2n) is 8.77. The van der Waals surface area contributed by atoms with Gasteiger partial charge in [0.15, 0.2) is 0 Å². The molecule has 0 aromatic rings. The SMILES string of the molecule is CCCCCCCCC=CCCCCCCCCNCCC[Si](OCC)(OCC)OCC. The maximum absolute atomic E-state index is 5.91. The highest BCUT2D eigenvalue weighted by Crippen LogP contribution is 2.18. The molecule has 0 amide bonds. The van der Waals surface area contributed by atoms with Crippen molar-refractivity contribution in [3.05, 3.63) is 12.2 Å². The van der Waals surface area contributed by atoms with E-state index in [9.17, 15) is 0 Å². The van der Waals surface area contributed by atoms with E-state index >= 15 is 0 Å². The van der Waals surface area contributed by atoms with Crippen LogP contribution in [0, 0.1) is 0 Å². The lowest BCUT2D eigenvalue weighted by atomic mass is 10.1. The van der Waals surface area contributed by atoms with Crippen molar-refractivity contribution in [2.75, 3.05) is 32.9 Å². The first-order valence-corrected chi connectivity index (χ1v) is 15.9. The number of hydrogen-bond donors (Lipinski definition) is 1. The summed E-state index contributed by atoms with van der Waals surface area (Å²) in [4.78, 5) is 0. The van der Waals surface area contributed by atoms with Gasteiger partial charge in [0, 0.05) is 25.9 Å². The normalized spacial score (nSPS) is 12.2. The molecule has 0 rings (SSSR count). The molecule has 192 valence electrons. The quantitative estimate of drug-likeness (QED) is 0.0786. The number of rotatable bonds is 26. The van der Waals surface area contributed by atoms with Gasteiger partial charge in [0.1, 0.15) is 0 Å². The lowest BCUT2D eigenvalue weighted by Crippen LogP contribution is -2.46. The van der Waals surface area contributed by atoms with Gasteiger partial charge in [-0.05, 0) is 72.4 Å². The molecular weight excluding hydrogens is 414 g/mol. The molecule has 0 aromatic carbocycles. The van der Waals surface area contributed by atoms with Crippen molar-refractivity contribution in [2.45, 2.75) is 130 Å². The molecule has 0 bridgehead atoms. The highest BCUT2D eigenvalue weighted by molar-refractivity contribution is 6.60. The first kappa shape index (κ1) is 31.8. The molecule has 5 heteroatoms. The molecule has 0 fully saturated rings. The highest BCUT2D eigenvalue weighted by atomic mass is 28.4. The van der Waals surface area contributed by atoms with Gasteiger partial charge in [0.25, 0.3) is 0 Å². The van der Waals surface area contributed by atoms with Crippen molar-refractivity contribution in [3.63, 3.8) is 0 Å². The molecule has 0 spiro atoms. The van der Waals surface area contributed by atoms with Gasteiger partial charge in [-0.2, -0.15) is 0 Å². The van der Waals surface area contributed by atoms with Gasteiger partial charge in [-0.25, -0.2) is 0 Å². The molecule has 0 aliphatic heterocycles. The molecule has 4 nitrogen and oxygen atoms in total. The summed E-state index contributed by atoms with van der Waals surface area (Å²) in [6.07, 6.45) is 25.0. The van der Waals surface area contributed by atoms with Gasteiger partial charge in [0.2, 0.25) is 0 Å². The molecule has 0 aliphatic carbocycles. The zero-order valence-corrected chi connectivity index (χ0v) is 23.2. The standard InChI is InChI=1S/C27H57NO3Si/c1-5-9-10-11-12-13-14-15-16-17-18-19-20-21-22-23-25-28-26-24-27-32(29-6-2,30-7-3)31-8-4/h15-16,28H,5-14,17-27H2,1-4H3. The maximum Gasteiger partial charge on any atom is 0.500 e. The minimum atomic E-state index is -2.45. The Bertz CT molecular complexity index is 376. The van der Waals surface area contributed by atoms with Crippen LogP contribution in [-0.2, 0) is 13.3 Å². The van der Waals surface area contributed by atoms with E-state index in [1.165, 1.54) is 89.9 Å². The Morgan fingerprint density at radius 1 is 0.531 bits per heavy atom. The van der Waals surface area contributed by atoms with E-state index in [1.54, 1.807) is 0 Å². The van der Waals surface area contributed by atoms with Gasteiger partial charge < -0.3 is 18.6 Å². The molecule has 0 saturated carbocycles. The third-order valence-corrected chi connectivity index (χ3v) is 8.95. The number of hydrogen-bond acceptors (Lipinski definition) is 4. The number of unbranched alkanes of at least 4 members (excludes halogenated alkanes) is 12. The molecule has 32 heavy (non-hydrogen) atoms. The second-order valence-corrected chi connectivity index (χ2v) is 11.5. The van der Waals surface area contributed by atoms with E-state index in [2.05, 4.69) is 24.4 Å². The summed E-state index contributed by atoms with van der Waals surface area (Å²) in [5, 5.41) is 3.58. The largest absolute Gasteiger partial charge is 0.500 e. The molecule has 0 atom stereocenters. The van der Waals surface area contributed by atoms with E-state index in [-0.39, 0.29) is 0 Å². The van der Waals surface area contributed by atoms with Gasteiger partial charge >= 0.3 is 8.80 Å². The Labute approximate surface area is 202 Å². The van der Waals surface area contributed by atoms with Crippen LogP contribution in [0.15, 0.2) is 12.2 Å². The summed E-state index contributed by atoms with van der Waals surface area (Å²) in [6, 6.07) is 0.906. The van der Waals surface area contributed by atoms with E-state index in [0.717, 1.165) is 25.6 Å². The fourth-order valence-corrected chi connectivity index (χ4v) is 6.67. The molecule has 0 heterocycles. The molecule has 1 N–H and O–H groups in total. The topological polar surface area (TPSA) is 39.7 Å². The van der Waals surface area contributed by atoms with E-state index < -0.39 is 8.80 Å².